The first-order chi connectivity index (χ1) is 8.36. The number of nitrogens with one attached hydrogen (secondary N) is 1. The van der Waals surface area contributed by atoms with Crippen molar-refractivity contribution < 1.29 is 13.5 Å². The molecule has 6 nitrogen and oxygen atoms in total. The molecule has 0 aliphatic heterocycles. The van der Waals surface area contributed by atoms with Crippen molar-refractivity contribution in [2.24, 2.45) is 0 Å². The average molecular weight is 273 g/mol. The summed E-state index contributed by atoms with van der Waals surface area (Å²) in [6.45, 7) is 8.62. The molecule has 102 valence electrons. The predicted octanol–water partition coefficient (Wildman–Crippen LogP) is 0.796. The van der Waals surface area contributed by atoms with E-state index < -0.39 is 10.0 Å². The van der Waals surface area contributed by atoms with Gasteiger partial charge in [0.2, 0.25) is 0 Å². The van der Waals surface area contributed by atoms with Gasteiger partial charge in [0.05, 0.1) is 6.61 Å². The molecule has 1 heterocycles. The Bertz CT molecular complexity index is 520. The van der Waals surface area contributed by atoms with Crippen molar-refractivity contribution >= 4 is 10.0 Å². The second-order valence-electron chi connectivity index (χ2n) is 4.25. The lowest BCUT2D eigenvalue weighted by molar-refractivity contribution is 0.277. The Kier molecular flexibility index (Phi) is 4.66. The molecule has 2 N–H and O–H groups in total. The molecule has 0 amide bonds. The number of nitrogens with zero attached hydrogens (tertiary/aromatic N) is 2. The summed E-state index contributed by atoms with van der Waals surface area (Å²) in [5.74, 6) is 0. The number of aromatic nitrogens is 2. The van der Waals surface area contributed by atoms with Gasteiger partial charge in [0.1, 0.15) is 0 Å². The molecule has 0 aliphatic rings. The summed E-state index contributed by atoms with van der Waals surface area (Å²) < 4.78 is 26.2. The first-order valence-electron chi connectivity index (χ1n) is 5.63. The number of aryl methyl sites for hydroxylation is 1. The van der Waals surface area contributed by atoms with Gasteiger partial charge in [-0.2, -0.15) is 9.40 Å². The maximum absolute atomic E-state index is 12.4. The molecule has 1 aromatic heterocycles. The van der Waals surface area contributed by atoms with Gasteiger partial charge in [-0.3, -0.25) is 5.10 Å². The summed E-state index contributed by atoms with van der Waals surface area (Å²) in [6.07, 6.45) is 1.52. The molecule has 0 aliphatic carbocycles. The predicted molar refractivity (Wildman–Crippen MR) is 68.5 cm³/mol. The highest BCUT2D eigenvalue weighted by molar-refractivity contribution is 7.89. The fraction of sp³-hybridized carbons (Fsp3) is 0.545. The molecule has 1 rings (SSSR count). The molecule has 1 aromatic rings. The molecule has 18 heavy (non-hydrogen) atoms. The van der Waals surface area contributed by atoms with E-state index in [4.69, 9.17) is 0 Å². The van der Waals surface area contributed by atoms with Crippen LogP contribution in [0.5, 0.6) is 0 Å². The molecule has 0 radical (unpaired) electrons. The van der Waals surface area contributed by atoms with Crippen LogP contribution < -0.4 is 0 Å². The van der Waals surface area contributed by atoms with Gasteiger partial charge in [0.25, 0.3) is 10.0 Å². The topological polar surface area (TPSA) is 86.3 Å². The van der Waals surface area contributed by atoms with Crippen LogP contribution in [0.15, 0.2) is 17.7 Å². The van der Waals surface area contributed by atoms with Crippen LogP contribution >= 0.6 is 0 Å². The van der Waals surface area contributed by atoms with E-state index in [1.165, 1.54) is 10.4 Å². The second kappa shape index (κ2) is 5.64. The quantitative estimate of drug-likeness (QED) is 0.750. The van der Waals surface area contributed by atoms with E-state index in [9.17, 15) is 13.5 Å². The summed E-state index contributed by atoms with van der Waals surface area (Å²) >= 11 is 0. The molecular formula is C11H19N3O3S. The van der Waals surface area contributed by atoms with Crippen molar-refractivity contribution in [3.05, 3.63) is 23.9 Å². The Morgan fingerprint density at radius 3 is 2.61 bits per heavy atom. The van der Waals surface area contributed by atoms with E-state index in [-0.39, 0.29) is 24.2 Å². The highest BCUT2D eigenvalue weighted by atomic mass is 32.2. The van der Waals surface area contributed by atoms with E-state index in [1.807, 2.05) is 0 Å². The zero-order valence-electron chi connectivity index (χ0n) is 10.8. The molecule has 0 saturated heterocycles. The number of aliphatic hydroxyl groups is 1. The average Bonchev–Trinajstić information content (AvgIpc) is 2.67. The number of aromatic amines is 1. The number of hydrogen-bond donors (Lipinski definition) is 2. The fourth-order valence-electron chi connectivity index (χ4n) is 1.65. The molecule has 0 atom stereocenters. The number of H-pyrrole nitrogens is 1. The molecular weight excluding hydrogens is 254 g/mol. The number of aliphatic hydroxyl groups excluding tert-OH is 1. The molecule has 7 heteroatoms. The van der Waals surface area contributed by atoms with Crippen LogP contribution in [0.25, 0.3) is 0 Å². The van der Waals surface area contributed by atoms with E-state index in [0.29, 0.717) is 11.3 Å². The monoisotopic (exact) mass is 273 g/mol. The van der Waals surface area contributed by atoms with Gasteiger partial charge in [0.15, 0.2) is 5.03 Å². The van der Waals surface area contributed by atoms with Crippen LogP contribution in [0.3, 0.4) is 0 Å². The Labute approximate surface area is 107 Å². The number of rotatable bonds is 6. The van der Waals surface area contributed by atoms with Gasteiger partial charge in [-0.25, -0.2) is 8.42 Å². The third-order valence-corrected chi connectivity index (χ3v) is 4.65. The normalized spacial score (nSPS) is 12.3. The number of hydrogen-bond acceptors (Lipinski definition) is 4. The Balaban J connectivity index is 3.30. The lowest BCUT2D eigenvalue weighted by Gasteiger charge is -2.23. The van der Waals surface area contributed by atoms with Gasteiger partial charge >= 0.3 is 0 Å². The first-order valence-corrected chi connectivity index (χ1v) is 7.07. The van der Waals surface area contributed by atoms with Gasteiger partial charge in [0, 0.05) is 23.8 Å². The largest absolute Gasteiger partial charge is 0.392 e. The van der Waals surface area contributed by atoms with Crippen LogP contribution in [-0.2, 0) is 16.6 Å². The van der Waals surface area contributed by atoms with Crippen LogP contribution in [0.2, 0.25) is 0 Å². The fourth-order valence-corrected chi connectivity index (χ4v) is 3.42. The van der Waals surface area contributed by atoms with Crippen molar-refractivity contribution in [3.63, 3.8) is 0 Å². The summed E-state index contributed by atoms with van der Waals surface area (Å²) in [6, 6.07) is -0.212. The van der Waals surface area contributed by atoms with E-state index in [1.54, 1.807) is 20.8 Å². The third-order valence-electron chi connectivity index (χ3n) is 2.63. The molecule has 0 unspecified atom stereocenters. The van der Waals surface area contributed by atoms with Gasteiger partial charge in [-0.1, -0.05) is 6.08 Å². The maximum Gasteiger partial charge on any atom is 0.263 e. The summed E-state index contributed by atoms with van der Waals surface area (Å²) in [5.41, 5.74) is 0.864. The highest BCUT2D eigenvalue weighted by Crippen LogP contribution is 2.22. The lowest BCUT2D eigenvalue weighted by atomic mass is 10.3. The van der Waals surface area contributed by atoms with Crippen molar-refractivity contribution in [2.45, 2.75) is 38.4 Å². The Morgan fingerprint density at radius 1 is 1.56 bits per heavy atom. The summed E-state index contributed by atoms with van der Waals surface area (Å²) in [4.78, 5) is 0. The smallest absolute Gasteiger partial charge is 0.263 e. The summed E-state index contributed by atoms with van der Waals surface area (Å²) in [5, 5.41) is 15.5. The van der Waals surface area contributed by atoms with E-state index in [2.05, 4.69) is 16.8 Å². The van der Waals surface area contributed by atoms with Gasteiger partial charge < -0.3 is 5.11 Å². The van der Waals surface area contributed by atoms with Gasteiger partial charge in [-0.15, -0.1) is 6.58 Å². The Morgan fingerprint density at radius 2 is 2.17 bits per heavy atom. The molecule has 0 bridgehead atoms. The van der Waals surface area contributed by atoms with Gasteiger partial charge in [-0.05, 0) is 20.8 Å². The Hall–Kier alpha value is -1.18. The second-order valence-corrected chi connectivity index (χ2v) is 6.05. The van der Waals surface area contributed by atoms with Crippen LogP contribution in [0.1, 0.15) is 25.1 Å². The van der Waals surface area contributed by atoms with Crippen molar-refractivity contribution in [2.75, 3.05) is 6.54 Å². The SMILES string of the molecule is C=CCN(C(C)C)S(=O)(=O)c1n[nH]c(C)c1CO. The first kappa shape index (κ1) is 14.9. The zero-order valence-corrected chi connectivity index (χ0v) is 11.7. The minimum absolute atomic E-state index is 0.113. The van der Waals surface area contributed by atoms with Crippen LogP contribution in [0.4, 0.5) is 0 Å². The van der Waals surface area contributed by atoms with E-state index >= 15 is 0 Å². The zero-order chi connectivity index (χ0) is 13.9. The molecule has 0 aromatic carbocycles. The highest BCUT2D eigenvalue weighted by Gasteiger charge is 2.31. The maximum atomic E-state index is 12.4. The third kappa shape index (κ3) is 2.63. The molecule has 0 saturated carbocycles. The summed E-state index contributed by atoms with van der Waals surface area (Å²) in [7, 11) is -3.72. The van der Waals surface area contributed by atoms with E-state index in [0.717, 1.165) is 0 Å². The van der Waals surface area contributed by atoms with Crippen LogP contribution in [-0.4, -0.2) is 40.6 Å². The van der Waals surface area contributed by atoms with Crippen molar-refractivity contribution in [1.82, 2.24) is 14.5 Å². The molecule has 0 spiro atoms. The lowest BCUT2D eigenvalue weighted by Crippen LogP contribution is -2.37. The number of sulfonamides is 1. The van der Waals surface area contributed by atoms with Crippen LogP contribution in [0, 0.1) is 6.92 Å². The van der Waals surface area contributed by atoms with Crippen molar-refractivity contribution in [1.29, 1.82) is 0 Å². The van der Waals surface area contributed by atoms with Crippen molar-refractivity contribution in [3.8, 4) is 0 Å². The minimum Gasteiger partial charge on any atom is -0.392 e. The molecule has 0 fully saturated rings. The minimum atomic E-state index is -3.72. The standard InChI is InChI=1S/C11H19N3O3S/c1-5-6-14(8(2)3)18(16,17)11-10(7-15)9(4)12-13-11/h5,8,15H,1,6-7H2,2-4H3,(H,12,13).